The zero-order valence-corrected chi connectivity index (χ0v) is 14.8. The molecule has 1 atom stereocenters. The molecule has 24 heavy (non-hydrogen) atoms. The molecule has 0 fully saturated rings. The number of amides is 2. The van der Waals surface area contributed by atoms with Gasteiger partial charge in [-0.15, -0.1) is 0 Å². The van der Waals surface area contributed by atoms with Crippen molar-refractivity contribution >= 4 is 45.8 Å². The normalized spacial score (nSPS) is 11.6. The number of thiocarbonyl (C=S) groups is 1. The molecule has 10 heteroatoms. The molecule has 132 valence electrons. The van der Waals surface area contributed by atoms with Crippen LogP contribution in [0.3, 0.4) is 0 Å². The molecule has 0 saturated carbocycles. The first-order valence-corrected chi connectivity index (χ1v) is 8.01. The SMILES string of the molecule is CC(SC(=S)N(C)C)C(=O)NCC(=O)Nc1ccc(F)c(F)c1F. The standard InChI is InChI=1S/C14H16F3N3O2S2/c1-7(24-14(23)20(2)3)13(22)18-6-10(21)19-9-5-4-8(15)11(16)12(9)17/h4-5,7H,6H2,1-3H3,(H,18,22)(H,19,21). The minimum atomic E-state index is -1.68. The van der Waals surface area contributed by atoms with Gasteiger partial charge in [0.1, 0.15) is 4.32 Å². The lowest BCUT2D eigenvalue weighted by molar-refractivity contribution is -0.123. The Morgan fingerprint density at radius 1 is 1.25 bits per heavy atom. The molecule has 1 unspecified atom stereocenters. The highest BCUT2D eigenvalue weighted by Gasteiger charge is 2.19. The molecule has 1 aromatic rings. The van der Waals surface area contributed by atoms with Crippen molar-refractivity contribution in [2.24, 2.45) is 0 Å². The molecular formula is C14H16F3N3O2S2. The monoisotopic (exact) mass is 379 g/mol. The van der Waals surface area contributed by atoms with Gasteiger partial charge in [0.15, 0.2) is 17.5 Å². The van der Waals surface area contributed by atoms with Gasteiger partial charge in [-0.25, -0.2) is 13.2 Å². The maximum Gasteiger partial charge on any atom is 0.243 e. The first kappa shape index (κ1) is 20.2. The summed E-state index contributed by atoms with van der Waals surface area (Å²) in [5.74, 6) is -5.76. The number of benzene rings is 1. The van der Waals surface area contributed by atoms with Crippen molar-refractivity contribution in [2.45, 2.75) is 12.2 Å². The highest BCUT2D eigenvalue weighted by molar-refractivity contribution is 8.23. The van der Waals surface area contributed by atoms with E-state index in [-0.39, 0.29) is 0 Å². The van der Waals surface area contributed by atoms with Gasteiger partial charge < -0.3 is 15.5 Å². The molecule has 0 saturated heterocycles. The van der Waals surface area contributed by atoms with Gasteiger partial charge in [-0.05, 0) is 19.1 Å². The van der Waals surface area contributed by atoms with Crippen LogP contribution in [0.15, 0.2) is 12.1 Å². The van der Waals surface area contributed by atoms with Crippen LogP contribution in [0.2, 0.25) is 0 Å². The van der Waals surface area contributed by atoms with E-state index in [2.05, 4.69) is 10.6 Å². The fraction of sp³-hybridized carbons (Fsp3) is 0.357. The number of nitrogens with one attached hydrogen (secondary N) is 2. The van der Waals surface area contributed by atoms with Crippen LogP contribution in [-0.2, 0) is 9.59 Å². The number of anilines is 1. The topological polar surface area (TPSA) is 61.4 Å². The average Bonchev–Trinajstić information content (AvgIpc) is 2.52. The van der Waals surface area contributed by atoms with E-state index in [0.717, 1.165) is 17.8 Å². The second-order valence-electron chi connectivity index (χ2n) is 4.91. The second-order valence-corrected chi connectivity index (χ2v) is 6.88. The van der Waals surface area contributed by atoms with Crippen LogP contribution < -0.4 is 10.6 Å². The van der Waals surface area contributed by atoms with E-state index in [1.165, 1.54) is 0 Å². The number of carbonyl (C=O) groups excluding carboxylic acids is 2. The summed E-state index contributed by atoms with van der Waals surface area (Å²) >= 11 is 6.19. The molecule has 0 aliphatic rings. The lowest BCUT2D eigenvalue weighted by Gasteiger charge is -2.17. The highest BCUT2D eigenvalue weighted by Crippen LogP contribution is 2.19. The van der Waals surface area contributed by atoms with Crippen molar-refractivity contribution in [1.29, 1.82) is 0 Å². The minimum Gasteiger partial charge on any atom is -0.364 e. The van der Waals surface area contributed by atoms with Gasteiger partial charge in [0, 0.05) is 14.1 Å². The molecule has 2 amide bonds. The number of halogens is 3. The number of hydrogen-bond acceptors (Lipinski definition) is 4. The Labute approximate surface area is 147 Å². The fourth-order valence-corrected chi connectivity index (χ4v) is 2.57. The number of carbonyl (C=O) groups is 2. The summed E-state index contributed by atoms with van der Waals surface area (Å²) in [6.07, 6.45) is 0. The van der Waals surface area contributed by atoms with Gasteiger partial charge >= 0.3 is 0 Å². The lowest BCUT2D eigenvalue weighted by atomic mass is 10.2. The molecule has 1 rings (SSSR count). The third kappa shape index (κ3) is 5.68. The van der Waals surface area contributed by atoms with Crippen molar-refractivity contribution in [2.75, 3.05) is 26.0 Å². The van der Waals surface area contributed by atoms with Crippen LogP contribution in [0.5, 0.6) is 0 Å². The molecule has 1 aromatic carbocycles. The van der Waals surface area contributed by atoms with Gasteiger partial charge in [-0.1, -0.05) is 24.0 Å². The van der Waals surface area contributed by atoms with Gasteiger partial charge in [0.2, 0.25) is 11.8 Å². The average molecular weight is 379 g/mol. The molecule has 0 aliphatic heterocycles. The highest BCUT2D eigenvalue weighted by atomic mass is 32.2. The Hall–Kier alpha value is -1.81. The van der Waals surface area contributed by atoms with E-state index in [1.54, 1.807) is 25.9 Å². The van der Waals surface area contributed by atoms with E-state index in [0.29, 0.717) is 10.4 Å². The summed E-state index contributed by atoms with van der Waals surface area (Å²) in [6, 6.07) is 1.58. The number of nitrogens with zero attached hydrogens (tertiary/aromatic N) is 1. The molecule has 0 bridgehead atoms. The van der Waals surface area contributed by atoms with E-state index < -0.39 is 46.7 Å². The third-order valence-corrected chi connectivity index (χ3v) is 4.53. The predicted molar refractivity (Wildman–Crippen MR) is 91.3 cm³/mol. The Balaban J connectivity index is 2.53. The number of thioether (sulfide) groups is 1. The molecule has 0 aliphatic carbocycles. The van der Waals surface area contributed by atoms with Gasteiger partial charge in [-0.2, -0.15) is 0 Å². The van der Waals surface area contributed by atoms with Gasteiger partial charge in [0.05, 0.1) is 17.5 Å². The summed E-state index contributed by atoms with van der Waals surface area (Å²) in [5.41, 5.74) is -0.510. The van der Waals surface area contributed by atoms with Crippen LogP contribution in [0.1, 0.15) is 6.92 Å². The zero-order chi connectivity index (χ0) is 18.4. The zero-order valence-electron chi connectivity index (χ0n) is 13.2. The fourth-order valence-electron chi connectivity index (χ4n) is 1.44. The molecule has 5 nitrogen and oxygen atoms in total. The molecule has 0 aromatic heterocycles. The summed E-state index contributed by atoms with van der Waals surface area (Å²) < 4.78 is 39.8. The summed E-state index contributed by atoms with van der Waals surface area (Å²) in [4.78, 5) is 25.2. The summed E-state index contributed by atoms with van der Waals surface area (Å²) in [6.45, 7) is 1.17. The van der Waals surface area contributed by atoms with Gasteiger partial charge in [0.25, 0.3) is 0 Å². The van der Waals surface area contributed by atoms with Crippen LogP contribution >= 0.6 is 24.0 Å². The first-order valence-electron chi connectivity index (χ1n) is 6.72. The predicted octanol–water partition coefficient (Wildman–Crippen LogP) is 2.13. The Morgan fingerprint density at radius 2 is 1.88 bits per heavy atom. The quantitative estimate of drug-likeness (QED) is 0.606. The van der Waals surface area contributed by atoms with Gasteiger partial charge in [-0.3, -0.25) is 9.59 Å². The van der Waals surface area contributed by atoms with Crippen molar-refractivity contribution in [3.63, 3.8) is 0 Å². The molecule has 2 N–H and O–H groups in total. The Kier molecular flexibility index (Phi) is 7.49. The van der Waals surface area contributed by atoms with Crippen molar-refractivity contribution in [1.82, 2.24) is 10.2 Å². The lowest BCUT2D eigenvalue weighted by Crippen LogP contribution is -2.38. The first-order chi connectivity index (χ1) is 11.1. The van der Waals surface area contributed by atoms with Crippen LogP contribution in [0, 0.1) is 17.5 Å². The van der Waals surface area contributed by atoms with Crippen molar-refractivity contribution in [3.8, 4) is 0 Å². The third-order valence-electron chi connectivity index (χ3n) is 2.74. The molecule has 0 spiro atoms. The van der Waals surface area contributed by atoms with E-state index in [9.17, 15) is 22.8 Å². The van der Waals surface area contributed by atoms with Crippen LogP contribution in [-0.4, -0.2) is 46.9 Å². The summed E-state index contributed by atoms with van der Waals surface area (Å²) in [7, 11) is 3.48. The van der Waals surface area contributed by atoms with Crippen molar-refractivity contribution in [3.05, 3.63) is 29.6 Å². The largest absolute Gasteiger partial charge is 0.364 e. The Bertz CT molecular complexity index is 656. The van der Waals surface area contributed by atoms with E-state index >= 15 is 0 Å². The molecule has 0 heterocycles. The second kappa shape index (κ2) is 8.88. The maximum atomic E-state index is 13.4. The van der Waals surface area contributed by atoms with E-state index in [4.69, 9.17) is 12.2 Å². The van der Waals surface area contributed by atoms with Crippen LogP contribution in [0.25, 0.3) is 0 Å². The molecular weight excluding hydrogens is 363 g/mol. The minimum absolute atomic E-state index is 0.440. The van der Waals surface area contributed by atoms with Crippen molar-refractivity contribution < 1.29 is 22.8 Å². The number of hydrogen-bond donors (Lipinski definition) is 2. The van der Waals surface area contributed by atoms with Crippen LogP contribution in [0.4, 0.5) is 18.9 Å². The smallest absolute Gasteiger partial charge is 0.243 e. The Morgan fingerprint density at radius 3 is 2.46 bits per heavy atom. The maximum absolute atomic E-state index is 13.4. The van der Waals surface area contributed by atoms with E-state index in [1.807, 2.05) is 0 Å². The summed E-state index contributed by atoms with van der Waals surface area (Å²) in [5, 5.41) is 3.87. The molecule has 0 radical (unpaired) electrons. The number of rotatable bonds is 5.